The van der Waals surface area contributed by atoms with Gasteiger partial charge < -0.3 is 19.9 Å². The molecular weight excluding hydrogens is 426 g/mol. The van der Waals surface area contributed by atoms with E-state index in [1.165, 1.54) is 0 Å². The average molecular weight is 444 g/mol. The second kappa shape index (κ2) is 9.18. The molecule has 3 rings (SSSR count). The lowest BCUT2D eigenvalue weighted by Crippen LogP contribution is -2.12. The first-order valence-corrected chi connectivity index (χ1v) is 9.19. The van der Waals surface area contributed by atoms with Crippen molar-refractivity contribution in [2.75, 3.05) is 19.0 Å². The van der Waals surface area contributed by atoms with Crippen molar-refractivity contribution in [2.45, 2.75) is 6.54 Å². The number of nitrogens with one attached hydrogen (secondary N) is 1. The topological polar surface area (TPSA) is 93.6 Å². The van der Waals surface area contributed by atoms with Crippen LogP contribution in [-0.2, 0) is 11.3 Å². The second-order valence-corrected chi connectivity index (χ2v) is 6.72. The maximum Gasteiger partial charge on any atom is 0.341 e. The fraction of sp³-hybridized carbons (Fsp3) is 0.150. The number of halogens is 1. The van der Waals surface area contributed by atoms with Crippen LogP contribution in [0.2, 0.25) is 0 Å². The predicted molar refractivity (Wildman–Crippen MR) is 109 cm³/mol. The van der Waals surface area contributed by atoms with Crippen LogP contribution in [0.3, 0.4) is 0 Å². The molecule has 0 saturated carbocycles. The molecule has 0 unspecified atom stereocenters. The molecular formula is C20H18BrN3O4. The number of nitrogens with zero attached hydrogens (tertiary/aromatic N) is 2. The minimum atomic E-state index is -1.08. The quantitative estimate of drug-likeness (QED) is 0.543. The van der Waals surface area contributed by atoms with Crippen LogP contribution < -0.4 is 14.8 Å². The van der Waals surface area contributed by atoms with Gasteiger partial charge in [-0.15, -0.1) is 0 Å². The molecule has 0 aliphatic carbocycles. The molecule has 1 heterocycles. The average Bonchev–Trinajstić information content (AvgIpc) is 2.72. The predicted octanol–water partition coefficient (Wildman–Crippen LogP) is 3.99. The Hall–Kier alpha value is -3.13. The number of hydrogen-bond donors (Lipinski definition) is 2. The molecule has 0 amide bonds. The van der Waals surface area contributed by atoms with Crippen molar-refractivity contribution in [1.82, 2.24) is 9.97 Å². The van der Waals surface area contributed by atoms with Crippen LogP contribution in [-0.4, -0.2) is 34.8 Å². The Morgan fingerprint density at radius 1 is 1.11 bits per heavy atom. The summed E-state index contributed by atoms with van der Waals surface area (Å²) in [7, 11) is 1.60. The molecule has 0 atom stereocenters. The van der Waals surface area contributed by atoms with E-state index in [0.29, 0.717) is 18.2 Å². The maximum absolute atomic E-state index is 10.8. The number of anilines is 1. The summed E-state index contributed by atoms with van der Waals surface area (Å²) in [5.41, 5.74) is 2.49. The van der Waals surface area contributed by atoms with E-state index in [1.54, 1.807) is 13.2 Å². The summed E-state index contributed by atoms with van der Waals surface area (Å²) in [6.07, 6.45) is 0. The standard InChI is InChI=1S/C20H18BrN3O4/c1-27-16-8-4-14(5-9-16)17-10-18(28-12-19(25)26)24-20(23-17)22-11-13-2-6-15(21)7-3-13/h2-10H,11-12H2,1H3,(H,25,26)(H,22,23,24). The number of hydrogen-bond acceptors (Lipinski definition) is 6. The van der Waals surface area contributed by atoms with Crippen molar-refractivity contribution < 1.29 is 19.4 Å². The number of aliphatic carboxylic acids is 1. The van der Waals surface area contributed by atoms with E-state index in [4.69, 9.17) is 14.6 Å². The number of carboxylic acids is 1. The third kappa shape index (κ3) is 5.43. The summed E-state index contributed by atoms with van der Waals surface area (Å²) in [4.78, 5) is 19.6. The Balaban J connectivity index is 1.85. The van der Waals surface area contributed by atoms with Gasteiger partial charge in [0.15, 0.2) is 6.61 Å². The first-order chi connectivity index (χ1) is 13.5. The van der Waals surface area contributed by atoms with Crippen molar-refractivity contribution in [2.24, 2.45) is 0 Å². The van der Waals surface area contributed by atoms with Gasteiger partial charge in [-0.05, 0) is 42.0 Å². The summed E-state index contributed by atoms with van der Waals surface area (Å²) in [6, 6.07) is 16.8. The lowest BCUT2D eigenvalue weighted by molar-refractivity contribution is -0.139. The van der Waals surface area contributed by atoms with Crippen LogP contribution in [0.25, 0.3) is 11.3 Å². The molecule has 0 bridgehead atoms. The van der Waals surface area contributed by atoms with Gasteiger partial charge in [-0.1, -0.05) is 28.1 Å². The van der Waals surface area contributed by atoms with Gasteiger partial charge in [0.25, 0.3) is 0 Å². The zero-order valence-electron chi connectivity index (χ0n) is 15.1. The van der Waals surface area contributed by atoms with Crippen LogP contribution in [0.5, 0.6) is 11.6 Å². The summed E-state index contributed by atoms with van der Waals surface area (Å²) in [6.45, 7) is 0.0307. The number of aromatic nitrogens is 2. The lowest BCUT2D eigenvalue weighted by atomic mass is 10.1. The van der Waals surface area contributed by atoms with Crippen LogP contribution in [0.15, 0.2) is 59.1 Å². The van der Waals surface area contributed by atoms with Crippen LogP contribution in [0, 0.1) is 0 Å². The molecule has 2 N–H and O–H groups in total. The summed E-state index contributed by atoms with van der Waals surface area (Å²) in [5, 5.41) is 12.0. The van der Waals surface area contributed by atoms with Gasteiger partial charge in [-0.25, -0.2) is 9.78 Å². The third-order valence-corrected chi connectivity index (χ3v) is 4.32. The molecule has 0 spiro atoms. The molecule has 0 fully saturated rings. The van der Waals surface area contributed by atoms with Gasteiger partial charge in [-0.2, -0.15) is 4.98 Å². The van der Waals surface area contributed by atoms with Crippen molar-refractivity contribution in [1.29, 1.82) is 0 Å². The highest BCUT2D eigenvalue weighted by Crippen LogP contribution is 2.25. The zero-order chi connectivity index (χ0) is 19.9. The molecule has 1 aromatic heterocycles. The summed E-state index contributed by atoms with van der Waals surface area (Å²) < 4.78 is 11.4. The summed E-state index contributed by atoms with van der Waals surface area (Å²) >= 11 is 3.41. The first kappa shape index (κ1) is 19.6. The number of rotatable bonds is 8. The number of carboxylic acid groups (broad SMARTS) is 1. The highest BCUT2D eigenvalue weighted by Gasteiger charge is 2.10. The highest BCUT2D eigenvalue weighted by molar-refractivity contribution is 9.10. The third-order valence-electron chi connectivity index (χ3n) is 3.80. The molecule has 8 heteroatoms. The fourth-order valence-electron chi connectivity index (χ4n) is 2.41. The number of methoxy groups -OCH3 is 1. The highest BCUT2D eigenvalue weighted by atomic mass is 79.9. The first-order valence-electron chi connectivity index (χ1n) is 8.40. The molecule has 3 aromatic rings. The van der Waals surface area contributed by atoms with E-state index in [2.05, 4.69) is 31.2 Å². The van der Waals surface area contributed by atoms with Crippen molar-refractivity contribution in [3.63, 3.8) is 0 Å². The molecule has 0 saturated heterocycles. The number of ether oxygens (including phenoxy) is 2. The van der Waals surface area contributed by atoms with E-state index in [0.717, 1.165) is 21.3 Å². The van der Waals surface area contributed by atoms with E-state index in [1.807, 2.05) is 48.5 Å². The largest absolute Gasteiger partial charge is 0.497 e. The van der Waals surface area contributed by atoms with E-state index < -0.39 is 12.6 Å². The normalized spacial score (nSPS) is 10.4. The number of carbonyl (C=O) groups is 1. The molecule has 0 aliphatic heterocycles. The van der Waals surface area contributed by atoms with Crippen molar-refractivity contribution in [3.05, 3.63) is 64.6 Å². The SMILES string of the molecule is COc1ccc(-c2cc(OCC(=O)O)nc(NCc3ccc(Br)cc3)n2)cc1. The zero-order valence-corrected chi connectivity index (χ0v) is 16.6. The van der Waals surface area contributed by atoms with E-state index >= 15 is 0 Å². The maximum atomic E-state index is 10.8. The fourth-order valence-corrected chi connectivity index (χ4v) is 2.67. The Kier molecular flexibility index (Phi) is 6.44. The van der Waals surface area contributed by atoms with E-state index in [-0.39, 0.29) is 5.88 Å². The van der Waals surface area contributed by atoms with Crippen LogP contribution >= 0.6 is 15.9 Å². The minimum Gasteiger partial charge on any atom is -0.497 e. The van der Waals surface area contributed by atoms with Gasteiger partial charge in [0, 0.05) is 22.6 Å². The Morgan fingerprint density at radius 2 is 1.82 bits per heavy atom. The Morgan fingerprint density at radius 3 is 2.46 bits per heavy atom. The Bertz CT molecular complexity index is 947. The monoisotopic (exact) mass is 443 g/mol. The second-order valence-electron chi connectivity index (χ2n) is 5.81. The molecule has 7 nitrogen and oxygen atoms in total. The lowest BCUT2D eigenvalue weighted by Gasteiger charge is -2.11. The van der Waals surface area contributed by atoms with Crippen LogP contribution in [0.4, 0.5) is 5.95 Å². The number of benzene rings is 2. The molecule has 144 valence electrons. The molecule has 0 radical (unpaired) electrons. The Labute approximate surface area is 170 Å². The van der Waals surface area contributed by atoms with Gasteiger partial charge >= 0.3 is 5.97 Å². The summed E-state index contributed by atoms with van der Waals surface area (Å²) in [5.74, 6) is 0.181. The smallest absolute Gasteiger partial charge is 0.341 e. The molecule has 28 heavy (non-hydrogen) atoms. The van der Waals surface area contributed by atoms with Crippen molar-refractivity contribution >= 4 is 27.8 Å². The molecule has 2 aromatic carbocycles. The van der Waals surface area contributed by atoms with Crippen molar-refractivity contribution in [3.8, 4) is 22.9 Å². The van der Waals surface area contributed by atoms with Gasteiger partial charge in [-0.3, -0.25) is 0 Å². The van der Waals surface area contributed by atoms with E-state index in [9.17, 15) is 4.79 Å². The molecule has 0 aliphatic rings. The minimum absolute atomic E-state index is 0.182. The van der Waals surface area contributed by atoms with Gasteiger partial charge in [0.05, 0.1) is 12.8 Å². The van der Waals surface area contributed by atoms with Crippen LogP contribution in [0.1, 0.15) is 5.56 Å². The van der Waals surface area contributed by atoms with Gasteiger partial charge in [0.2, 0.25) is 11.8 Å². The van der Waals surface area contributed by atoms with Gasteiger partial charge in [0.1, 0.15) is 5.75 Å².